The van der Waals surface area contributed by atoms with E-state index >= 15 is 0 Å². The minimum absolute atomic E-state index is 0.598. The summed E-state index contributed by atoms with van der Waals surface area (Å²) >= 11 is 8.07. The lowest BCUT2D eigenvalue weighted by molar-refractivity contribution is 0.435. The maximum atomic E-state index is 6.36. The van der Waals surface area contributed by atoms with E-state index in [1.54, 1.807) is 11.3 Å². The fraction of sp³-hybridized carbons (Fsp3) is 0.571. The molecule has 0 bridgehead atoms. The number of hydrogen-bond acceptors (Lipinski definition) is 4. The van der Waals surface area contributed by atoms with Crippen LogP contribution < -0.4 is 4.90 Å². The zero-order chi connectivity index (χ0) is 13.6. The molecular formula is C14H18ClN3S. The van der Waals surface area contributed by atoms with Crippen LogP contribution in [-0.2, 0) is 0 Å². The third-order valence-electron chi connectivity index (χ3n) is 4.04. The number of halogens is 1. The van der Waals surface area contributed by atoms with E-state index in [0.717, 1.165) is 35.2 Å². The molecule has 0 spiro atoms. The highest BCUT2D eigenvalue weighted by molar-refractivity contribution is 7.18. The molecule has 1 fully saturated rings. The molecule has 3 heterocycles. The third-order valence-corrected chi connectivity index (χ3v) is 5.41. The monoisotopic (exact) mass is 295 g/mol. The van der Waals surface area contributed by atoms with E-state index in [-0.39, 0.29) is 0 Å². The largest absolute Gasteiger partial charge is 0.341 e. The van der Waals surface area contributed by atoms with Crippen LogP contribution >= 0.6 is 22.9 Å². The molecule has 3 nitrogen and oxygen atoms in total. The van der Waals surface area contributed by atoms with Crippen molar-refractivity contribution in [1.82, 2.24) is 9.97 Å². The standard InChI is InChI=1S/C14H18ClN3S/c1-8-4-6-18(7-5-8)14-16-12(15)11-9(2)10(3)19-13(11)17-14/h8H,4-7H2,1-3H3. The molecule has 0 saturated carbocycles. The average molecular weight is 296 g/mol. The Labute approximate surface area is 122 Å². The van der Waals surface area contributed by atoms with Crippen LogP contribution in [0, 0.1) is 19.8 Å². The highest BCUT2D eigenvalue weighted by Gasteiger charge is 2.20. The van der Waals surface area contributed by atoms with Gasteiger partial charge in [0.2, 0.25) is 5.95 Å². The number of aromatic nitrogens is 2. The number of thiophene rings is 1. The molecule has 1 aliphatic rings. The zero-order valence-electron chi connectivity index (χ0n) is 11.5. The van der Waals surface area contributed by atoms with Crippen LogP contribution in [0.15, 0.2) is 0 Å². The minimum atomic E-state index is 0.598. The average Bonchev–Trinajstić information content (AvgIpc) is 2.66. The molecule has 3 rings (SSSR count). The van der Waals surface area contributed by atoms with Crippen molar-refractivity contribution in [3.8, 4) is 0 Å². The van der Waals surface area contributed by atoms with Gasteiger partial charge in [-0.25, -0.2) is 9.97 Å². The molecule has 0 aromatic carbocycles. The summed E-state index contributed by atoms with van der Waals surface area (Å²) in [7, 11) is 0. The normalized spacial score (nSPS) is 17.4. The summed E-state index contributed by atoms with van der Waals surface area (Å²) in [5.41, 5.74) is 1.21. The van der Waals surface area contributed by atoms with Gasteiger partial charge < -0.3 is 4.90 Å². The Balaban J connectivity index is 2.01. The predicted octanol–water partition coefficient (Wildman–Crippen LogP) is 4.20. The van der Waals surface area contributed by atoms with E-state index in [9.17, 15) is 0 Å². The summed E-state index contributed by atoms with van der Waals surface area (Å²) in [6.45, 7) is 8.57. The number of nitrogens with zero attached hydrogens (tertiary/aromatic N) is 3. The molecule has 2 aromatic heterocycles. The predicted molar refractivity (Wildman–Crippen MR) is 82.5 cm³/mol. The number of fused-ring (bicyclic) bond motifs is 1. The Morgan fingerprint density at radius 2 is 1.89 bits per heavy atom. The van der Waals surface area contributed by atoms with Crippen LogP contribution in [0.3, 0.4) is 0 Å². The van der Waals surface area contributed by atoms with Crippen molar-refractivity contribution in [2.75, 3.05) is 18.0 Å². The zero-order valence-corrected chi connectivity index (χ0v) is 13.1. The molecule has 0 radical (unpaired) electrons. The van der Waals surface area contributed by atoms with Gasteiger partial charge in [0, 0.05) is 18.0 Å². The molecule has 19 heavy (non-hydrogen) atoms. The van der Waals surface area contributed by atoms with E-state index < -0.39 is 0 Å². The number of hydrogen-bond donors (Lipinski definition) is 0. The Morgan fingerprint density at radius 1 is 1.21 bits per heavy atom. The molecule has 0 unspecified atom stereocenters. The van der Waals surface area contributed by atoms with E-state index in [0.29, 0.717) is 5.15 Å². The van der Waals surface area contributed by atoms with Crippen LogP contribution in [0.4, 0.5) is 5.95 Å². The number of piperidine rings is 1. The van der Waals surface area contributed by atoms with E-state index in [4.69, 9.17) is 16.6 Å². The fourth-order valence-corrected chi connectivity index (χ4v) is 3.93. The van der Waals surface area contributed by atoms with Gasteiger partial charge in [0.05, 0.1) is 5.39 Å². The van der Waals surface area contributed by atoms with E-state index in [2.05, 4.69) is 30.7 Å². The van der Waals surface area contributed by atoms with Gasteiger partial charge in [-0.1, -0.05) is 18.5 Å². The summed E-state index contributed by atoms with van der Waals surface area (Å²) in [4.78, 5) is 13.8. The molecule has 0 amide bonds. The Bertz CT molecular complexity index is 615. The molecule has 0 aliphatic carbocycles. The Kier molecular flexibility index (Phi) is 3.39. The molecule has 5 heteroatoms. The van der Waals surface area contributed by atoms with Gasteiger partial charge in [-0.05, 0) is 38.2 Å². The number of anilines is 1. The van der Waals surface area contributed by atoms with Crippen LogP contribution in [-0.4, -0.2) is 23.1 Å². The summed E-state index contributed by atoms with van der Waals surface area (Å²) in [5, 5.41) is 1.62. The first-order valence-electron chi connectivity index (χ1n) is 6.74. The second-order valence-corrected chi connectivity index (χ2v) is 7.01. The quantitative estimate of drug-likeness (QED) is 0.738. The van der Waals surface area contributed by atoms with Crippen molar-refractivity contribution in [2.45, 2.75) is 33.6 Å². The first kappa shape index (κ1) is 13.1. The van der Waals surface area contributed by atoms with Gasteiger partial charge in [-0.2, -0.15) is 0 Å². The van der Waals surface area contributed by atoms with Gasteiger partial charge in [0.1, 0.15) is 9.98 Å². The lowest BCUT2D eigenvalue weighted by Gasteiger charge is -2.30. The van der Waals surface area contributed by atoms with Crippen LogP contribution in [0.1, 0.15) is 30.2 Å². The van der Waals surface area contributed by atoms with E-state index in [1.165, 1.54) is 23.3 Å². The molecule has 0 N–H and O–H groups in total. The van der Waals surface area contributed by atoms with Gasteiger partial charge in [-0.15, -0.1) is 11.3 Å². The van der Waals surface area contributed by atoms with Gasteiger partial charge in [0.25, 0.3) is 0 Å². The van der Waals surface area contributed by atoms with Gasteiger partial charge in [-0.3, -0.25) is 0 Å². The van der Waals surface area contributed by atoms with Crippen molar-refractivity contribution in [3.05, 3.63) is 15.6 Å². The highest BCUT2D eigenvalue weighted by atomic mass is 35.5. The first-order valence-corrected chi connectivity index (χ1v) is 7.94. The van der Waals surface area contributed by atoms with Crippen molar-refractivity contribution < 1.29 is 0 Å². The first-order chi connectivity index (χ1) is 9.06. The smallest absolute Gasteiger partial charge is 0.228 e. The molecular weight excluding hydrogens is 278 g/mol. The summed E-state index contributed by atoms with van der Waals surface area (Å²) in [6, 6.07) is 0. The highest BCUT2D eigenvalue weighted by Crippen LogP contribution is 2.34. The van der Waals surface area contributed by atoms with Crippen molar-refractivity contribution in [1.29, 1.82) is 0 Å². The second kappa shape index (κ2) is 4.91. The Hall–Kier alpha value is -0.870. The van der Waals surface area contributed by atoms with Crippen molar-refractivity contribution >= 4 is 39.1 Å². The summed E-state index contributed by atoms with van der Waals surface area (Å²) in [5.74, 6) is 1.60. The second-order valence-electron chi connectivity index (χ2n) is 5.45. The fourth-order valence-electron chi connectivity index (χ4n) is 2.54. The molecule has 102 valence electrons. The van der Waals surface area contributed by atoms with Gasteiger partial charge in [0.15, 0.2) is 0 Å². The maximum Gasteiger partial charge on any atom is 0.228 e. The SMILES string of the molecule is Cc1sc2nc(N3CCC(C)CC3)nc(Cl)c2c1C. The lowest BCUT2D eigenvalue weighted by atomic mass is 10.00. The van der Waals surface area contributed by atoms with Crippen LogP contribution in [0.25, 0.3) is 10.2 Å². The lowest BCUT2D eigenvalue weighted by Crippen LogP contribution is -2.34. The summed E-state index contributed by atoms with van der Waals surface area (Å²) < 4.78 is 0. The van der Waals surface area contributed by atoms with Crippen LogP contribution in [0.2, 0.25) is 5.15 Å². The molecule has 0 atom stereocenters. The topological polar surface area (TPSA) is 29.0 Å². The van der Waals surface area contributed by atoms with Crippen LogP contribution in [0.5, 0.6) is 0 Å². The van der Waals surface area contributed by atoms with Crippen molar-refractivity contribution in [3.63, 3.8) is 0 Å². The number of rotatable bonds is 1. The molecule has 1 saturated heterocycles. The minimum Gasteiger partial charge on any atom is -0.341 e. The van der Waals surface area contributed by atoms with Gasteiger partial charge >= 0.3 is 0 Å². The van der Waals surface area contributed by atoms with E-state index in [1.807, 2.05) is 0 Å². The Morgan fingerprint density at radius 3 is 2.58 bits per heavy atom. The molecule has 2 aromatic rings. The summed E-state index contributed by atoms with van der Waals surface area (Å²) in [6.07, 6.45) is 2.42. The maximum absolute atomic E-state index is 6.36. The molecule has 1 aliphatic heterocycles. The van der Waals surface area contributed by atoms with Crippen molar-refractivity contribution in [2.24, 2.45) is 5.92 Å². The number of aryl methyl sites for hydroxylation is 2. The third kappa shape index (κ3) is 2.32.